The number of aromatic nitrogens is 1. The second-order valence-electron chi connectivity index (χ2n) is 7.20. The minimum Gasteiger partial charge on any atom is -0.314 e. The molecule has 3 aromatic rings. The molecule has 0 saturated heterocycles. The molecule has 2 N–H and O–H groups in total. The molecule has 0 fully saturated rings. The molecule has 142 valence electrons. The van der Waals surface area contributed by atoms with Crippen LogP contribution in [0.25, 0.3) is 11.3 Å². The summed E-state index contributed by atoms with van der Waals surface area (Å²) < 4.78 is 0. The number of para-hydroxylation sites is 1. The number of urea groups is 1. The predicted octanol–water partition coefficient (Wildman–Crippen LogP) is 4.71. The third-order valence-electron chi connectivity index (χ3n) is 4.92. The summed E-state index contributed by atoms with van der Waals surface area (Å²) in [5.74, 6) is 0.0814. The lowest BCUT2D eigenvalue weighted by molar-refractivity contribution is -0.121. The maximum Gasteiger partial charge on any atom is 0.325 e. The molecule has 0 bridgehead atoms. The number of nitrogens with zero attached hydrogens (tertiary/aromatic N) is 2. The van der Waals surface area contributed by atoms with Crippen molar-refractivity contribution >= 4 is 39.8 Å². The molecule has 2 heterocycles. The first-order valence-corrected chi connectivity index (χ1v) is 9.76. The topological polar surface area (TPSA) is 74.3 Å². The monoisotopic (exact) mass is 392 g/mol. The van der Waals surface area contributed by atoms with E-state index < -0.39 is 5.41 Å². The Morgan fingerprint density at radius 2 is 1.86 bits per heavy atom. The largest absolute Gasteiger partial charge is 0.325 e. The van der Waals surface area contributed by atoms with Gasteiger partial charge in [0.15, 0.2) is 5.13 Å². The standard InChI is InChI=1S/C21H20N4O2S/c1-21(2)15-11-13(9-10-17(15)25(3)18(21)26)16-12-28-20(23-16)24-19(27)22-14-7-5-4-6-8-14/h4-12H,1-3H3,(H2,22,23,24,27). The normalized spacial score (nSPS) is 14.7. The number of hydrogen-bond donors (Lipinski definition) is 2. The van der Waals surface area contributed by atoms with Gasteiger partial charge in [0.25, 0.3) is 0 Å². The minimum atomic E-state index is -0.563. The zero-order valence-corrected chi connectivity index (χ0v) is 16.6. The van der Waals surface area contributed by atoms with Crippen molar-refractivity contribution in [3.05, 3.63) is 59.5 Å². The summed E-state index contributed by atoms with van der Waals surface area (Å²) in [5.41, 5.74) is 3.75. The van der Waals surface area contributed by atoms with Crippen LogP contribution in [0, 0.1) is 0 Å². The van der Waals surface area contributed by atoms with Gasteiger partial charge in [-0.25, -0.2) is 9.78 Å². The molecule has 6 nitrogen and oxygen atoms in total. The highest BCUT2D eigenvalue weighted by Crippen LogP contribution is 2.42. The van der Waals surface area contributed by atoms with Crippen molar-refractivity contribution in [3.8, 4) is 11.3 Å². The van der Waals surface area contributed by atoms with Crippen molar-refractivity contribution < 1.29 is 9.59 Å². The Hall–Kier alpha value is -3.19. The summed E-state index contributed by atoms with van der Waals surface area (Å²) >= 11 is 1.36. The van der Waals surface area contributed by atoms with E-state index in [2.05, 4.69) is 15.6 Å². The van der Waals surface area contributed by atoms with Crippen molar-refractivity contribution in [2.75, 3.05) is 22.6 Å². The molecule has 0 unspecified atom stereocenters. The Labute approximate surface area is 167 Å². The van der Waals surface area contributed by atoms with Crippen LogP contribution in [0.2, 0.25) is 0 Å². The van der Waals surface area contributed by atoms with Crippen LogP contribution in [-0.4, -0.2) is 24.0 Å². The number of fused-ring (bicyclic) bond motifs is 1. The zero-order chi connectivity index (χ0) is 19.9. The Bertz CT molecular complexity index is 1060. The van der Waals surface area contributed by atoms with Crippen molar-refractivity contribution in [3.63, 3.8) is 0 Å². The van der Waals surface area contributed by atoms with E-state index in [1.807, 2.05) is 67.8 Å². The van der Waals surface area contributed by atoms with Crippen LogP contribution in [0.4, 0.5) is 21.3 Å². The average Bonchev–Trinajstić information content (AvgIpc) is 3.20. The smallest absolute Gasteiger partial charge is 0.314 e. The second kappa shape index (κ2) is 6.76. The number of anilines is 3. The van der Waals surface area contributed by atoms with E-state index in [0.717, 1.165) is 22.5 Å². The van der Waals surface area contributed by atoms with Crippen molar-refractivity contribution in [2.24, 2.45) is 0 Å². The van der Waals surface area contributed by atoms with E-state index in [9.17, 15) is 9.59 Å². The summed E-state index contributed by atoms with van der Waals surface area (Å²) in [6, 6.07) is 14.8. The number of carbonyl (C=O) groups is 2. The van der Waals surface area contributed by atoms with Crippen molar-refractivity contribution in [2.45, 2.75) is 19.3 Å². The van der Waals surface area contributed by atoms with E-state index in [-0.39, 0.29) is 11.9 Å². The molecular formula is C21H20N4O2S. The van der Waals surface area contributed by atoms with Gasteiger partial charge in [-0.2, -0.15) is 0 Å². The molecule has 0 atom stereocenters. The van der Waals surface area contributed by atoms with E-state index in [1.54, 1.807) is 11.9 Å². The van der Waals surface area contributed by atoms with E-state index in [0.29, 0.717) is 10.8 Å². The molecule has 1 aliphatic heterocycles. The van der Waals surface area contributed by atoms with Gasteiger partial charge in [0, 0.05) is 29.4 Å². The van der Waals surface area contributed by atoms with Gasteiger partial charge in [-0.1, -0.05) is 24.3 Å². The van der Waals surface area contributed by atoms with Crippen molar-refractivity contribution in [1.82, 2.24) is 4.98 Å². The molecule has 0 saturated carbocycles. The molecule has 0 radical (unpaired) electrons. The molecule has 2 aromatic carbocycles. The van der Waals surface area contributed by atoms with Crippen LogP contribution in [0.3, 0.4) is 0 Å². The van der Waals surface area contributed by atoms with Gasteiger partial charge in [0.2, 0.25) is 5.91 Å². The zero-order valence-electron chi connectivity index (χ0n) is 15.8. The molecule has 7 heteroatoms. The van der Waals surface area contributed by atoms with Gasteiger partial charge in [-0.15, -0.1) is 11.3 Å². The molecular weight excluding hydrogens is 372 g/mol. The van der Waals surface area contributed by atoms with E-state index in [1.165, 1.54) is 11.3 Å². The molecule has 4 rings (SSSR count). The van der Waals surface area contributed by atoms with Crippen LogP contribution >= 0.6 is 11.3 Å². The number of benzene rings is 2. The highest BCUT2D eigenvalue weighted by molar-refractivity contribution is 7.14. The molecule has 0 aliphatic carbocycles. The van der Waals surface area contributed by atoms with Gasteiger partial charge in [-0.05, 0) is 43.7 Å². The Kier molecular flexibility index (Phi) is 4.39. The van der Waals surface area contributed by atoms with Gasteiger partial charge in [0.05, 0.1) is 11.1 Å². The Balaban J connectivity index is 1.53. The van der Waals surface area contributed by atoms with Crippen molar-refractivity contribution in [1.29, 1.82) is 0 Å². The highest BCUT2D eigenvalue weighted by Gasteiger charge is 2.42. The Morgan fingerprint density at radius 1 is 1.11 bits per heavy atom. The maximum absolute atomic E-state index is 12.5. The maximum atomic E-state index is 12.5. The molecule has 0 spiro atoms. The first-order chi connectivity index (χ1) is 13.4. The first-order valence-electron chi connectivity index (χ1n) is 8.88. The number of amides is 3. The molecule has 1 aromatic heterocycles. The highest BCUT2D eigenvalue weighted by atomic mass is 32.1. The fraction of sp³-hybridized carbons (Fsp3) is 0.190. The number of nitrogens with one attached hydrogen (secondary N) is 2. The summed E-state index contributed by atoms with van der Waals surface area (Å²) in [6.07, 6.45) is 0. The number of hydrogen-bond acceptors (Lipinski definition) is 4. The number of thiazole rings is 1. The van der Waals surface area contributed by atoms with Gasteiger partial charge in [0.1, 0.15) is 0 Å². The summed E-state index contributed by atoms with van der Waals surface area (Å²) in [4.78, 5) is 30.8. The lowest BCUT2D eigenvalue weighted by atomic mass is 9.85. The average molecular weight is 392 g/mol. The van der Waals surface area contributed by atoms with Crippen LogP contribution < -0.4 is 15.5 Å². The molecule has 1 aliphatic rings. The third kappa shape index (κ3) is 3.14. The fourth-order valence-electron chi connectivity index (χ4n) is 3.38. The predicted molar refractivity (Wildman–Crippen MR) is 113 cm³/mol. The van der Waals surface area contributed by atoms with E-state index in [4.69, 9.17) is 0 Å². The quantitative estimate of drug-likeness (QED) is 0.678. The molecule has 3 amide bonds. The minimum absolute atomic E-state index is 0.0814. The van der Waals surface area contributed by atoms with Crippen LogP contribution in [0.5, 0.6) is 0 Å². The Morgan fingerprint density at radius 3 is 2.61 bits per heavy atom. The van der Waals surface area contributed by atoms with Crippen LogP contribution in [0.15, 0.2) is 53.9 Å². The van der Waals surface area contributed by atoms with Crippen LogP contribution in [0.1, 0.15) is 19.4 Å². The lowest BCUT2D eigenvalue weighted by Crippen LogP contribution is -2.33. The number of carbonyl (C=O) groups excluding carboxylic acids is 2. The van der Waals surface area contributed by atoms with Crippen LogP contribution in [-0.2, 0) is 10.2 Å². The summed E-state index contributed by atoms with van der Waals surface area (Å²) in [5, 5.41) is 7.93. The SMILES string of the molecule is CN1C(=O)C(C)(C)c2cc(-c3csc(NC(=O)Nc4ccccc4)n3)ccc21. The summed E-state index contributed by atoms with van der Waals surface area (Å²) in [6.45, 7) is 3.87. The van der Waals surface area contributed by atoms with Gasteiger partial charge < -0.3 is 10.2 Å². The van der Waals surface area contributed by atoms with Gasteiger partial charge >= 0.3 is 6.03 Å². The second-order valence-corrected chi connectivity index (χ2v) is 8.06. The number of likely N-dealkylation sites (N-methyl/N-ethyl adjacent to an activating group) is 1. The molecule has 28 heavy (non-hydrogen) atoms. The fourth-order valence-corrected chi connectivity index (χ4v) is 4.09. The number of rotatable bonds is 3. The lowest BCUT2D eigenvalue weighted by Gasteiger charge is -2.16. The third-order valence-corrected chi connectivity index (χ3v) is 5.68. The first kappa shape index (κ1) is 18.2. The van der Waals surface area contributed by atoms with Gasteiger partial charge in [-0.3, -0.25) is 10.1 Å². The van der Waals surface area contributed by atoms with E-state index >= 15 is 0 Å². The summed E-state index contributed by atoms with van der Waals surface area (Å²) in [7, 11) is 1.80.